The number of carbonyl (C=O) groups is 2. The van der Waals surface area contributed by atoms with Crippen molar-refractivity contribution in [1.29, 1.82) is 0 Å². The monoisotopic (exact) mass is 439 g/mol. The predicted octanol–water partition coefficient (Wildman–Crippen LogP) is 5.09. The van der Waals surface area contributed by atoms with Crippen molar-refractivity contribution in [2.24, 2.45) is 0 Å². The molecule has 0 saturated carbocycles. The minimum Gasteiger partial charge on any atom is -0.487 e. The second-order valence-electron chi connectivity index (χ2n) is 8.35. The molecule has 0 N–H and O–H groups in total. The Morgan fingerprint density at radius 1 is 1.13 bits per heavy atom. The van der Waals surface area contributed by atoms with Gasteiger partial charge in [-0.2, -0.15) is 0 Å². The van der Waals surface area contributed by atoms with Crippen LogP contribution in [0, 0.1) is 13.8 Å². The van der Waals surface area contributed by atoms with E-state index < -0.39 is 11.9 Å². The topological polar surface area (TPSA) is 74.7 Å². The number of aromatic nitrogens is 1. The van der Waals surface area contributed by atoms with Crippen molar-refractivity contribution in [3.05, 3.63) is 45.4 Å². The number of carbonyl (C=O) groups excluding carboxylic acids is 2. The second-order valence-corrected chi connectivity index (χ2v) is 9.76. The second kappa shape index (κ2) is 7.96. The van der Waals surface area contributed by atoms with E-state index in [4.69, 9.17) is 14.2 Å². The molecular weight excluding hydrogens is 414 g/mol. The molecule has 0 unspecified atom stereocenters. The first-order valence-corrected chi connectivity index (χ1v) is 11.0. The van der Waals surface area contributed by atoms with Crippen molar-refractivity contribution in [2.45, 2.75) is 59.5 Å². The first-order chi connectivity index (χ1) is 14.6. The molecule has 7 heteroatoms. The smallest absolute Gasteiger partial charge is 0.317 e. The fraction of sp³-hybridized carbons (Fsp3) is 0.375. The summed E-state index contributed by atoms with van der Waals surface area (Å²) in [6.07, 6.45) is 1.44. The number of fused-ring (bicyclic) bond motifs is 3. The first-order valence-electron chi connectivity index (χ1n) is 10.2. The molecule has 0 spiro atoms. The van der Waals surface area contributed by atoms with Crippen molar-refractivity contribution in [1.82, 2.24) is 4.98 Å². The molecule has 2 aromatic carbocycles. The molecule has 162 valence electrons. The van der Waals surface area contributed by atoms with Crippen molar-refractivity contribution in [3.8, 4) is 17.2 Å². The van der Waals surface area contributed by atoms with E-state index in [1.165, 1.54) is 6.92 Å². The summed E-state index contributed by atoms with van der Waals surface area (Å²) in [4.78, 5) is 30.2. The molecule has 0 bridgehead atoms. The standard InChI is InChI=1S/C24H25NO5S/c1-13-19(25-14(2)31-13)12-20(27)29-22-17-9-7-6-8-16(17)21-18(23(22)28-15(3)26)10-11-24(4,5)30-21/h6-9H,10-12H2,1-5H3. The van der Waals surface area contributed by atoms with E-state index in [1.54, 1.807) is 11.3 Å². The molecular formula is C24H25NO5S. The highest BCUT2D eigenvalue weighted by Crippen LogP contribution is 2.50. The molecule has 4 rings (SSSR count). The van der Waals surface area contributed by atoms with Crippen LogP contribution in [0.5, 0.6) is 17.2 Å². The number of ether oxygens (including phenoxy) is 3. The molecule has 1 aliphatic heterocycles. The quantitative estimate of drug-likeness (QED) is 0.416. The molecule has 0 aliphatic carbocycles. The lowest BCUT2D eigenvalue weighted by molar-refractivity contribution is -0.135. The highest BCUT2D eigenvalue weighted by atomic mass is 32.1. The van der Waals surface area contributed by atoms with Gasteiger partial charge in [0, 0.05) is 28.1 Å². The van der Waals surface area contributed by atoms with Crippen LogP contribution in [0.15, 0.2) is 24.3 Å². The van der Waals surface area contributed by atoms with E-state index in [2.05, 4.69) is 4.98 Å². The van der Waals surface area contributed by atoms with E-state index in [0.717, 1.165) is 27.3 Å². The van der Waals surface area contributed by atoms with Crippen LogP contribution in [0.25, 0.3) is 10.8 Å². The van der Waals surface area contributed by atoms with E-state index in [0.29, 0.717) is 23.3 Å². The highest BCUT2D eigenvalue weighted by molar-refractivity contribution is 7.11. The van der Waals surface area contributed by atoms with Crippen LogP contribution in [-0.4, -0.2) is 22.5 Å². The van der Waals surface area contributed by atoms with Gasteiger partial charge in [-0.15, -0.1) is 11.3 Å². The summed E-state index contributed by atoms with van der Waals surface area (Å²) in [6, 6.07) is 7.53. The predicted molar refractivity (Wildman–Crippen MR) is 119 cm³/mol. The molecule has 3 aromatic rings. The van der Waals surface area contributed by atoms with Crippen molar-refractivity contribution in [3.63, 3.8) is 0 Å². The molecule has 0 amide bonds. The maximum atomic E-state index is 12.9. The molecule has 0 saturated heterocycles. The van der Waals surface area contributed by atoms with Crippen LogP contribution in [0.2, 0.25) is 0 Å². The number of esters is 2. The van der Waals surface area contributed by atoms with Gasteiger partial charge >= 0.3 is 11.9 Å². The molecule has 0 atom stereocenters. The number of nitrogens with zero attached hydrogens (tertiary/aromatic N) is 1. The summed E-state index contributed by atoms with van der Waals surface area (Å²) in [5.74, 6) is 0.252. The minimum atomic E-state index is -0.481. The van der Waals surface area contributed by atoms with Crippen LogP contribution in [-0.2, 0) is 22.4 Å². The van der Waals surface area contributed by atoms with Crippen LogP contribution in [0.4, 0.5) is 0 Å². The number of hydrogen-bond acceptors (Lipinski definition) is 7. The summed E-state index contributed by atoms with van der Waals surface area (Å²) in [5, 5.41) is 2.39. The van der Waals surface area contributed by atoms with Gasteiger partial charge in [0.05, 0.1) is 17.1 Å². The molecule has 1 aliphatic rings. The Kier molecular flexibility index (Phi) is 5.47. The van der Waals surface area contributed by atoms with Crippen molar-refractivity contribution < 1.29 is 23.8 Å². The summed E-state index contributed by atoms with van der Waals surface area (Å²) in [7, 11) is 0. The molecule has 31 heavy (non-hydrogen) atoms. The average molecular weight is 440 g/mol. The lowest BCUT2D eigenvalue weighted by atomic mass is 9.91. The Morgan fingerprint density at radius 2 is 1.84 bits per heavy atom. The average Bonchev–Trinajstić information content (AvgIpc) is 3.00. The van der Waals surface area contributed by atoms with E-state index in [-0.39, 0.29) is 23.5 Å². The van der Waals surface area contributed by atoms with E-state index in [9.17, 15) is 9.59 Å². The SMILES string of the molecule is CC(=O)Oc1c2c(c3ccccc3c1OC(=O)Cc1nc(C)sc1C)OC(C)(C)CC2. The normalized spacial score (nSPS) is 14.6. The highest BCUT2D eigenvalue weighted by Gasteiger charge is 2.34. The first kappa shape index (κ1) is 21.3. The number of benzene rings is 2. The molecule has 0 fully saturated rings. The largest absolute Gasteiger partial charge is 0.487 e. The van der Waals surface area contributed by atoms with Crippen LogP contribution in [0.3, 0.4) is 0 Å². The van der Waals surface area contributed by atoms with Crippen LogP contribution in [0.1, 0.15) is 48.3 Å². The van der Waals surface area contributed by atoms with Gasteiger partial charge in [-0.3, -0.25) is 9.59 Å². The van der Waals surface area contributed by atoms with Gasteiger partial charge in [-0.05, 0) is 40.5 Å². The summed E-state index contributed by atoms with van der Waals surface area (Å²) in [5.41, 5.74) is 1.10. The van der Waals surface area contributed by atoms with Crippen LogP contribution < -0.4 is 14.2 Å². The molecule has 2 heterocycles. The zero-order valence-corrected chi connectivity index (χ0v) is 19.1. The molecule has 1 aromatic heterocycles. The van der Waals surface area contributed by atoms with Gasteiger partial charge in [0.1, 0.15) is 11.4 Å². The van der Waals surface area contributed by atoms with Gasteiger partial charge in [0.2, 0.25) is 0 Å². The fourth-order valence-corrected chi connectivity index (χ4v) is 4.71. The van der Waals surface area contributed by atoms with Gasteiger partial charge in [0.15, 0.2) is 11.5 Å². The van der Waals surface area contributed by atoms with Gasteiger partial charge in [-0.1, -0.05) is 24.3 Å². The molecule has 6 nitrogen and oxygen atoms in total. The Bertz CT molecular complexity index is 1190. The number of rotatable bonds is 4. The van der Waals surface area contributed by atoms with Crippen LogP contribution >= 0.6 is 11.3 Å². The Morgan fingerprint density at radius 3 is 2.48 bits per heavy atom. The zero-order valence-electron chi connectivity index (χ0n) is 18.3. The third kappa shape index (κ3) is 4.28. The summed E-state index contributed by atoms with van der Waals surface area (Å²) < 4.78 is 17.7. The Hall–Kier alpha value is -2.93. The number of aryl methyl sites for hydroxylation is 2. The van der Waals surface area contributed by atoms with Crippen molar-refractivity contribution >= 4 is 34.0 Å². The zero-order chi connectivity index (χ0) is 22.3. The maximum Gasteiger partial charge on any atom is 0.317 e. The Balaban J connectivity index is 1.83. The van der Waals surface area contributed by atoms with Crippen molar-refractivity contribution in [2.75, 3.05) is 0 Å². The summed E-state index contributed by atoms with van der Waals surface area (Å²) >= 11 is 1.55. The lowest BCUT2D eigenvalue weighted by Gasteiger charge is -2.34. The molecule has 0 radical (unpaired) electrons. The third-order valence-corrected chi connectivity index (χ3v) is 6.23. The third-order valence-electron chi connectivity index (χ3n) is 5.30. The summed E-state index contributed by atoms with van der Waals surface area (Å²) in [6.45, 7) is 9.24. The van der Waals surface area contributed by atoms with E-state index in [1.807, 2.05) is 52.0 Å². The van der Waals surface area contributed by atoms with Gasteiger partial charge < -0.3 is 14.2 Å². The lowest BCUT2D eigenvalue weighted by Crippen LogP contribution is -2.33. The maximum absolute atomic E-state index is 12.9. The fourth-order valence-electron chi connectivity index (χ4n) is 3.88. The number of thiazole rings is 1. The Labute approximate surface area is 185 Å². The van der Waals surface area contributed by atoms with E-state index >= 15 is 0 Å². The van der Waals surface area contributed by atoms with Gasteiger partial charge in [0.25, 0.3) is 0 Å². The van der Waals surface area contributed by atoms with Gasteiger partial charge in [-0.25, -0.2) is 4.98 Å². The number of hydrogen-bond donors (Lipinski definition) is 0. The minimum absolute atomic E-state index is 0.0463.